The van der Waals surface area contributed by atoms with E-state index in [9.17, 15) is 9.59 Å². The molecular formula is C20H22N6O3. The molecule has 1 fully saturated rings. The van der Waals surface area contributed by atoms with Gasteiger partial charge in [0.1, 0.15) is 11.6 Å². The number of ether oxygens (including phenoxy) is 1. The number of nitrogens with one attached hydrogen (secondary N) is 1. The average molecular weight is 394 g/mol. The summed E-state index contributed by atoms with van der Waals surface area (Å²) < 4.78 is 8.29. The molecule has 1 aliphatic rings. The quantitative estimate of drug-likeness (QED) is 0.698. The van der Waals surface area contributed by atoms with Crippen molar-refractivity contribution in [2.75, 3.05) is 23.3 Å². The Morgan fingerprint density at radius 1 is 1.03 bits per heavy atom. The molecule has 1 saturated heterocycles. The van der Waals surface area contributed by atoms with E-state index in [2.05, 4.69) is 15.3 Å². The molecule has 9 heteroatoms. The van der Waals surface area contributed by atoms with Gasteiger partial charge in [-0.3, -0.25) is 13.9 Å². The maximum atomic E-state index is 12.2. The molecule has 3 heterocycles. The third-order valence-electron chi connectivity index (χ3n) is 4.95. The third-order valence-corrected chi connectivity index (χ3v) is 4.95. The molecule has 0 spiro atoms. The Bertz CT molecular complexity index is 1110. The minimum absolute atomic E-state index is 0.107. The van der Waals surface area contributed by atoms with Crippen molar-refractivity contribution in [1.82, 2.24) is 19.1 Å². The molecule has 29 heavy (non-hydrogen) atoms. The summed E-state index contributed by atoms with van der Waals surface area (Å²) in [7, 11) is 3.15. The Labute approximate surface area is 167 Å². The lowest BCUT2D eigenvalue weighted by Crippen LogP contribution is -2.40. The minimum Gasteiger partial charge on any atom is -0.454 e. The van der Waals surface area contributed by atoms with Gasteiger partial charge in [-0.2, -0.15) is 0 Å². The van der Waals surface area contributed by atoms with Crippen LogP contribution in [0.1, 0.15) is 6.42 Å². The van der Waals surface area contributed by atoms with Crippen LogP contribution in [0.3, 0.4) is 0 Å². The molecule has 1 aliphatic heterocycles. The van der Waals surface area contributed by atoms with Crippen molar-refractivity contribution in [3.63, 3.8) is 0 Å². The number of rotatable bonds is 5. The van der Waals surface area contributed by atoms with Gasteiger partial charge < -0.3 is 15.0 Å². The van der Waals surface area contributed by atoms with Crippen LogP contribution in [0.25, 0.3) is 0 Å². The van der Waals surface area contributed by atoms with Gasteiger partial charge in [-0.25, -0.2) is 14.8 Å². The van der Waals surface area contributed by atoms with Crippen LogP contribution >= 0.6 is 0 Å². The summed E-state index contributed by atoms with van der Waals surface area (Å²) >= 11 is 0. The maximum absolute atomic E-state index is 12.2. The Kier molecular flexibility index (Phi) is 5.03. The normalized spacial score (nSPS) is 16.1. The van der Waals surface area contributed by atoms with Crippen molar-refractivity contribution in [3.8, 4) is 11.5 Å². The van der Waals surface area contributed by atoms with Crippen LogP contribution in [0.2, 0.25) is 0 Å². The van der Waals surface area contributed by atoms with Crippen molar-refractivity contribution in [1.29, 1.82) is 0 Å². The van der Waals surface area contributed by atoms with Crippen LogP contribution in [0.4, 0.5) is 11.8 Å². The molecule has 0 radical (unpaired) electrons. The van der Waals surface area contributed by atoms with Crippen LogP contribution in [-0.2, 0) is 14.1 Å². The van der Waals surface area contributed by atoms with Gasteiger partial charge in [0.15, 0.2) is 5.75 Å². The highest BCUT2D eigenvalue weighted by molar-refractivity contribution is 5.42. The summed E-state index contributed by atoms with van der Waals surface area (Å²) in [6.07, 6.45) is 4.09. The summed E-state index contributed by atoms with van der Waals surface area (Å²) in [4.78, 5) is 34.8. The van der Waals surface area contributed by atoms with E-state index < -0.39 is 0 Å². The van der Waals surface area contributed by atoms with E-state index in [0.29, 0.717) is 24.1 Å². The smallest absolute Gasteiger partial charge is 0.332 e. The first-order chi connectivity index (χ1) is 14.0. The molecule has 0 aliphatic carbocycles. The van der Waals surface area contributed by atoms with Crippen molar-refractivity contribution >= 4 is 11.8 Å². The zero-order valence-corrected chi connectivity index (χ0v) is 16.3. The summed E-state index contributed by atoms with van der Waals surface area (Å²) in [5.74, 6) is 2.41. The number of benzene rings is 1. The second-order valence-electron chi connectivity index (χ2n) is 6.97. The lowest BCUT2D eigenvalue weighted by atomic mass is 10.3. The van der Waals surface area contributed by atoms with Crippen molar-refractivity contribution < 1.29 is 4.74 Å². The number of hydrogen-bond acceptors (Lipinski definition) is 7. The van der Waals surface area contributed by atoms with Crippen LogP contribution < -0.4 is 26.2 Å². The van der Waals surface area contributed by atoms with Gasteiger partial charge >= 0.3 is 5.69 Å². The lowest BCUT2D eigenvalue weighted by molar-refractivity contribution is 0.477. The first kappa shape index (κ1) is 18.7. The summed E-state index contributed by atoms with van der Waals surface area (Å²) in [5.41, 5.74) is -0.641. The summed E-state index contributed by atoms with van der Waals surface area (Å²) in [6, 6.07) is 11.1. The van der Waals surface area contributed by atoms with E-state index in [1.165, 1.54) is 17.7 Å². The highest BCUT2D eigenvalue weighted by Crippen LogP contribution is 2.21. The van der Waals surface area contributed by atoms with Gasteiger partial charge in [0.05, 0.1) is 12.4 Å². The Hall–Kier alpha value is -3.62. The molecule has 0 unspecified atom stereocenters. The lowest BCUT2D eigenvalue weighted by Gasteiger charge is -2.21. The fraction of sp³-hybridized carbons (Fsp3) is 0.300. The minimum atomic E-state index is -0.332. The largest absolute Gasteiger partial charge is 0.454 e. The molecule has 1 N–H and O–H groups in total. The first-order valence-corrected chi connectivity index (χ1v) is 9.35. The first-order valence-electron chi connectivity index (χ1n) is 9.35. The van der Waals surface area contributed by atoms with Crippen LogP contribution in [0, 0.1) is 0 Å². The molecule has 1 aromatic carbocycles. The molecule has 150 valence electrons. The van der Waals surface area contributed by atoms with Gasteiger partial charge in [0.25, 0.3) is 5.56 Å². The highest BCUT2D eigenvalue weighted by Gasteiger charge is 2.25. The number of aromatic nitrogens is 4. The fourth-order valence-electron chi connectivity index (χ4n) is 3.36. The van der Waals surface area contributed by atoms with Gasteiger partial charge in [-0.05, 0) is 18.6 Å². The standard InChI is InChI=1S/C20H22N6O3/c1-24-17(10-18(27)25(2)20(24)28)26-9-8-14(13-26)23-19-21-11-16(12-22-19)29-15-6-4-3-5-7-15/h3-7,10-12,14H,8-9,13H2,1-2H3,(H,21,22,23)/t14-/m0/s1. The predicted molar refractivity (Wildman–Crippen MR) is 110 cm³/mol. The Morgan fingerprint density at radius 2 is 1.76 bits per heavy atom. The Balaban J connectivity index is 1.40. The average Bonchev–Trinajstić information content (AvgIpc) is 3.19. The summed E-state index contributed by atoms with van der Waals surface area (Å²) in [6.45, 7) is 1.37. The van der Waals surface area contributed by atoms with Gasteiger partial charge in [-0.15, -0.1) is 0 Å². The van der Waals surface area contributed by atoms with E-state index >= 15 is 0 Å². The molecule has 9 nitrogen and oxygen atoms in total. The number of nitrogens with zero attached hydrogens (tertiary/aromatic N) is 5. The Morgan fingerprint density at radius 3 is 2.48 bits per heavy atom. The molecule has 0 amide bonds. The molecular weight excluding hydrogens is 372 g/mol. The number of para-hydroxylation sites is 1. The molecule has 0 bridgehead atoms. The monoisotopic (exact) mass is 394 g/mol. The van der Waals surface area contributed by atoms with E-state index in [4.69, 9.17) is 4.74 Å². The van der Waals surface area contributed by atoms with E-state index in [0.717, 1.165) is 23.3 Å². The molecule has 2 aromatic heterocycles. The zero-order valence-electron chi connectivity index (χ0n) is 16.3. The third kappa shape index (κ3) is 3.98. The second kappa shape index (κ2) is 7.78. The topological polar surface area (TPSA) is 94.3 Å². The van der Waals surface area contributed by atoms with E-state index in [-0.39, 0.29) is 17.3 Å². The van der Waals surface area contributed by atoms with Crippen LogP contribution in [-0.4, -0.2) is 38.2 Å². The zero-order chi connectivity index (χ0) is 20.4. The van der Waals surface area contributed by atoms with Gasteiger partial charge in [0.2, 0.25) is 5.95 Å². The maximum Gasteiger partial charge on any atom is 0.332 e. The van der Waals surface area contributed by atoms with Gasteiger partial charge in [-0.1, -0.05) is 18.2 Å². The van der Waals surface area contributed by atoms with E-state index in [1.807, 2.05) is 35.2 Å². The molecule has 0 saturated carbocycles. The SMILES string of the molecule is Cn1c(N2CC[C@H](Nc3ncc(Oc4ccccc4)cn3)C2)cc(=O)n(C)c1=O. The van der Waals surface area contributed by atoms with Crippen molar-refractivity contribution in [2.45, 2.75) is 12.5 Å². The van der Waals surface area contributed by atoms with Crippen molar-refractivity contribution in [2.24, 2.45) is 14.1 Å². The molecule has 3 aromatic rings. The molecule has 4 rings (SSSR count). The molecule has 1 atom stereocenters. The highest BCUT2D eigenvalue weighted by atomic mass is 16.5. The number of anilines is 2. The number of hydrogen-bond donors (Lipinski definition) is 1. The second-order valence-corrected chi connectivity index (χ2v) is 6.97. The fourth-order valence-corrected chi connectivity index (χ4v) is 3.36. The van der Waals surface area contributed by atoms with Crippen molar-refractivity contribution in [3.05, 3.63) is 69.6 Å². The van der Waals surface area contributed by atoms with Crippen LogP contribution in [0.5, 0.6) is 11.5 Å². The van der Waals surface area contributed by atoms with E-state index in [1.54, 1.807) is 19.4 Å². The van der Waals surface area contributed by atoms with Crippen LogP contribution in [0.15, 0.2) is 58.4 Å². The summed E-state index contributed by atoms with van der Waals surface area (Å²) in [5, 5.41) is 3.30. The predicted octanol–water partition coefficient (Wildman–Crippen LogP) is 1.36. The van der Waals surface area contributed by atoms with Gasteiger partial charge in [0, 0.05) is 39.3 Å².